The summed E-state index contributed by atoms with van der Waals surface area (Å²) in [6.07, 6.45) is 0.893. The summed E-state index contributed by atoms with van der Waals surface area (Å²) in [4.78, 5) is 13.7. The Morgan fingerprint density at radius 1 is 1.56 bits per heavy atom. The quantitative estimate of drug-likeness (QED) is 0.907. The molecule has 1 aromatic rings. The van der Waals surface area contributed by atoms with Gasteiger partial charge in [0.05, 0.1) is 10.6 Å². The summed E-state index contributed by atoms with van der Waals surface area (Å²) in [6.45, 7) is 1.64. The molecule has 100 valence electrons. The van der Waals surface area contributed by atoms with Gasteiger partial charge in [-0.3, -0.25) is 4.79 Å². The summed E-state index contributed by atoms with van der Waals surface area (Å²) in [5.74, 6) is -0.962. The van der Waals surface area contributed by atoms with Gasteiger partial charge in [0.15, 0.2) is 5.82 Å². The number of benzene rings is 1. The third kappa shape index (κ3) is 2.94. The fraction of sp³-hybridized carbons (Fsp3) is 0.417. The van der Waals surface area contributed by atoms with Crippen molar-refractivity contribution >= 4 is 29.9 Å². The second kappa shape index (κ2) is 6.36. The van der Waals surface area contributed by atoms with Crippen molar-refractivity contribution in [3.63, 3.8) is 0 Å². The molecule has 2 rings (SSSR count). The predicted molar refractivity (Wildman–Crippen MR) is 72.0 cm³/mol. The van der Waals surface area contributed by atoms with Crippen LogP contribution >= 0.6 is 24.0 Å². The molecule has 0 aliphatic carbocycles. The number of hydrogen-bond acceptors (Lipinski definition) is 2. The van der Waals surface area contributed by atoms with Crippen molar-refractivity contribution in [2.45, 2.75) is 12.5 Å². The Balaban J connectivity index is 0.00000162. The molecule has 3 nitrogen and oxygen atoms in total. The lowest BCUT2D eigenvalue weighted by Crippen LogP contribution is -2.38. The van der Waals surface area contributed by atoms with Crippen molar-refractivity contribution in [3.05, 3.63) is 34.6 Å². The second-order valence-electron chi connectivity index (χ2n) is 4.16. The lowest BCUT2D eigenvalue weighted by atomic mass is 10.1. The van der Waals surface area contributed by atoms with Gasteiger partial charge in [-0.15, -0.1) is 12.4 Å². The van der Waals surface area contributed by atoms with Crippen LogP contribution in [-0.2, 0) is 0 Å². The average Bonchev–Trinajstić information content (AvgIpc) is 2.84. The maximum atomic E-state index is 13.7. The van der Waals surface area contributed by atoms with Gasteiger partial charge in [0.2, 0.25) is 0 Å². The van der Waals surface area contributed by atoms with E-state index in [9.17, 15) is 9.18 Å². The van der Waals surface area contributed by atoms with Crippen LogP contribution in [0.4, 0.5) is 4.39 Å². The highest BCUT2D eigenvalue weighted by atomic mass is 35.5. The van der Waals surface area contributed by atoms with Crippen molar-refractivity contribution in [2.75, 3.05) is 20.1 Å². The number of carbonyl (C=O) groups excluding carboxylic acids is 1. The number of hydrogen-bond donors (Lipinski definition) is 1. The third-order valence-corrected chi connectivity index (χ3v) is 3.38. The Kier molecular flexibility index (Phi) is 5.38. The average molecular weight is 293 g/mol. The molecule has 0 aromatic heterocycles. The fourth-order valence-electron chi connectivity index (χ4n) is 1.99. The molecule has 0 saturated carbocycles. The second-order valence-corrected chi connectivity index (χ2v) is 4.57. The molecule has 1 heterocycles. The van der Waals surface area contributed by atoms with E-state index in [2.05, 4.69) is 5.32 Å². The molecule has 1 aliphatic heterocycles. The van der Waals surface area contributed by atoms with Crippen LogP contribution < -0.4 is 5.32 Å². The van der Waals surface area contributed by atoms with Gasteiger partial charge in [0.1, 0.15) is 0 Å². The highest BCUT2D eigenvalue weighted by Crippen LogP contribution is 2.20. The maximum Gasteiger partial charge on any atom is 0.256 e. The van der Waals surface area contributed by atoms with E-state index < -0.39 is 5.82 Å². The molecule has 0 radical (unpaired) electrons. The Labute approximate surface area is 117 Å². The summed E-state index contributed by atoms with van der Waals surface area (Å²) >= 11 is 5.66. The van der Waals surface area contributed by atoms with E-state index in [-0.39, 0.29) is 34.9 Å². The number of likely N-dealkylation sites (N-methyl/N-ethyl adjacent to an activating group) is 1. The number of amides is 1. The van der Waals surface area contributed by atoms with Gasteiger partial charge in [0.25, 0.3) is 5.91 Å². The Bertz CT molecular complexity index is 436. The number of nitrogens with zero attached hydrogens (tertiary/aromatic N) is 1. The van der Waals surface area contributed by atoms with Crippen LogP contribution in [0.5, 0.6) is 0 Å². The van der Waals surface area contributed by atoms with Crippen LogP contribution in [0.25, 0.3) is 0 Å². The minimum Gasteiger partial charge on any atom is -0.337 e. The summed E-state index contributed by atoms with van der Waals surface area (Å²) in [5, 5.41) is 3.15. The standard InChI is InChI=1S/C12H14ClFN2O.ClH/c1-16(8-5-6-15-7-8)12(17)9-3-2-4-10(13)11(9)14;/h2-4,8,15H,5-7H2,1H3;1H. The van der Waals surface area contributed by atoms with Crippen LogP contribution in [0.1, 0.15) is 16.8 Å². The van der Waals surface area contributed by atoms with E-state index in [4.69, 9.17) is 11.6 Å². The molecule has 6 heteroatoms. The molecular formula is C12H15Cl2FN2O. The van der Waals surface area contributed by atoms with E-state index in [1.165, 1.54) is 12.1 Å². The van der Waals surface area contributed by atoms with Crippen LogP contribution in [0.15, 0.2) is 18.2 Å². The summed E-state index contributed by atoms with van der Waals surface area (Å²) in [6, 6.07) is 4.60. The normalized spacial score (nSPS) is 18.3. The molecule has 18 heavy (non-hydrogen) atoms. The first-order valence-corrected chi connectivity index (χ1v) is 5.91. The Morgan fingerprint density at radius 3 is 2.89 bits per heavy atom. The van der Waals surface area contributed by atoms with Crippen molar-refractivity contribution in [1.29, 1.82) is 0 Å². The molecule has 0 spiro atoms. The molecular weight excluding hydrogens is 278 g/mol. The van der Waals surface area contributed by atoms with Crippen molar-refractivity contribution < 1.29 is 9.18 Å². The van der Waals surface area contributed by atoms with E-state index in [0.717, 1.165) is 19.5 Å². The molecule has 1 aromatic carbocycles. The lowest BCUT2D eigenvalue weighted by molar-refractivity contribution is 0.0739. The minimum atomic E-state index is -0.642. The number of nitrogens with one attached hydrogen (secondary N) is 1. The maximum absolute atomic E-state index is 13.7. The fourth-order valence-corrected chi connectivity index (χ4v) is 2.17. The van der Waals surface area contributed by atoms with Crippen LogP contribution in [0.3, 0.4) is 0 Å². The smallest absolute Gasteiger partial charge is 0.256 e. The molecule has 1 atom stereocenters. The zero-order valence-electron chi connectivity index (χ0n) is 9.95. The highest BCUT2D eigenvalue weighted by molar-refractivity contribution is 6.31. The Morgan fingerprint density at radius 2 is 2.28 bits per heavy atom. The zero-order valence-corrected chi connectivity index (χ0v) is 11.5. The van der Waals surface area contributed by atoms with Gasteiger partial charge in [-0.25, -0.2) is 4.39 Å². The monoisotopic (exact) mass is 292 g/mol. The van der Waals surface area contributed by atoms with Crippen LogP contribution in [-0.4, -0.2) is 37.0 Å². The molecule has 1 saturated heterocycles. The largest absolute Gasteiger partial charge is 0.337 e. The Hall–Kier alpha value is -0.840. The zero-order chi connectivity index (χ0) is 12.4. The first kappa shape index (κ1) is 15.2. The number of carbonyl (C=O) groups is 1. The van der Waals surface area contributed by atoms with Crippen molar-refractivity contribution in [2.24, 2.45) is 0 Å². The van der Waals surface area contributed by atoms with Crippen LogP contribution in [0, 0.1) is 5.82 Å². The van der Waals surface area contributed by atoms with E-state index in [1.54, 1.807) is 18.0 Å². The number of halogens is 3. The molecule has 1 aliphatic rings. The minimum absolute atomic E-state index is 0. The van der Waals surface area contributed by atoms with Gasteiger partial charge in [-0.05, 0) is 25.1 Å². The van der Waals surface area contributed by atoms with Crippen molar-refractivity contribution in [3.8, 4) is 0 Å². The summed E-state index contributed by atoms with van der Waals surface area (Å²) < 4.78 is 13.7. The molecule has 0 bridgehead atoms. The molecule has 1 unspecified atom stereocenters. The van der Waals surface area contributed by atoms with E-state index in [0.29, 0.717) is 0 Å². The number of rotatable bonds is 2. The summed E-state index contributed by atoms with van der Waals surface area (Å²) in [7, 11) is 1.69. The van der Waals surface area contributed by atoms with Gasteiger partial charge < -0.3 is 10.2 Å². The summed E-state index contributed by atoms with van der Waals surface area (Å²) in [5.41, 5.74) is 0.0342. The van der Waals surface area contributed by atoms with Gasteiger partial charge in [0, 0.05) is 19.6 Å². The van der Waals surface area contributed by atoms with Gasteiger partial charge >= 0.3 is 0 Å². The first-order chi connectivity index (χ1) is 8.11. The third-order valence-electron chi connectivity index (χ3n) is 3.08. The highest BCUT2D eigenvalue weighted by Gasteiger charge is 2.26. The lowest BCUT2D eigenvalue weighted by Gasteiger charge is -2.24. The van der Waals surface area contributed by atoms with Gasteiger partial charge in [-0.1, -0.05) is 17.7 Å². The van der Waals surface area contributed by atoms with Gasteiger partial charge in [-0.2, -0.15) is 0 Å². The van der Waals surface area contributed by atoms with E-state index in [1.807, 2.05) is 0 Å². The molecule has 1 fully saturated rings. The first-order valence-electron chi connectivity index (χ1n) is 5.53. The SMILES string of the molecule is CN(C(=O)c1cccc(Cl)c1F)C1CCNC1.Cl. The van der Waals surface area contributed by atoms with Crippen LogP contribution in [0.2, 0.25) is 5.02 Å². The molecule has 1 N–H and O–H groups in total. The molecule has 1 amide bonds. The predicted octanol–water partition coefficient (Wildman–Crippen LogP) is 2.33. The van der Waals surface area contributed by atoms with E-state index >= 15 is 0 Å². The van der Waals surface area contributed by atoms with Crippen molar-refractivity contribution in [1.82, 2.24) is 10.2 Å². The topological polar surface area (TPSA) is 32.3 Å².